The number of benzene rings is 3. The lowest BCUT2D eigenvalue weighted by Crippen LogP contribution is -2.37. The molecule has 3 aliphatic rings. The summed E-state index contributed by atoms with van der Waals surface area (Å²) in [4.78, 5) is 5.29. The maximum absolute atomic E-state index is 6.79. The summed E-state index contributed by atoms with van der Waals surface area (Å²) in [6.45, 7) is 5.47. The van der Waals surface area contributed by atoms with Crippen LogP contribution in [-0.2, 0) is 16.5 Å². The van der Waals surface area contributed by atoms with Crippen LogP contribution in [0, 0.1) is 5.41 Å². The number of hydrogen-bond donors (Lipinski definition) is 0. The molecule has 3 aliphatic heterocycles. The monoisotopic (exact) mass is 483 g/mol. The van der Waals surface area contributed by atoms with E-state index in [-0.39, 0.29) is 17.1 Å². The number of hydrogen-bond acceptors (Lipinski definition) is 3. The van der Waals surface area contributed by atoms with Crippen LogP contribution in [0.15, 0.2) is 102 Å². The zero-order valence-corrected chi connectivity index (χ0v) is 21.4. The van der Waals surface area contributed by atoms with E-state index in [9.17, 15) is 0 Å². The summed E-state index contributed by atoms with van der Waals surface area (Å²) in [5.74, 6) is 1.20. The van der Waals surface area contributed by atoms with Crippen LogP contribution in [0.3, 0.4) is 0 Å². The van der Waals surface area contributed by atoms with Crippen molar-refractivity contribution in [2.24, 2.45) is 10.4 Å². The highest BCUT2D eigenvalue weighted by Crippen LogP contribution is 2.83. The van der Waals surface area contributed by atoms with Crippen LogP contribution in [0.1, 0.15) is 48.9 Å². The fourth-order valence-electron chi connectivity index (χ4n) is 6.57. The first-order valence-electron chi connectivity index (χ1n) is 12.2. The SMILES string of the molecule is CC1=C(c2ccccc2)[P@@]2(=S)C[C@@]1(C)[C@H](c1ccccc1)[C@@H]2C1=N[C@@H](c2ccccc2)CCO1. The summed E-state index contributed by atoms with van der Waals surface area (Å²) < 4.78 is 6.44. The van der Waals surface area contributed by atoms with Crippen LogP contribution in [-0.4, -0.2) is 24.3 Å². The van der Waals surface area contributed by atoms with E-state index < -0.39 is 6.04 Å². The van der Waals surface area contributed by atoms with Gasteiger partial charge in [-0.15, -0.1) is 0 Å². The fraction of sp³-hybridized carbons (Fsp3) is 0.300. The molecule has 4 heteroatoms. The van der Waals surface area contributed by atoms with Gasteiger partial charge in [-0.2, -0.15) is 0 Å². The Hall–Kier alpha value is -2.48. The Labute approximate surface area is 207 Å². The van der Waals surface area contributed by atoms with Crippen molar-refractivity contribution in [1.82, 2.24) is 0 Å². The molecule has 3 heterocycles. The summed E-state index contributed by atoms with van der Waals surface area (Å²) >= 11 is 6.79. The fourth-order valence-corrected chi connectivity index (χ4v) is 13.7. The average Bonchev–Trinajstić information content (AvgIpc) is 3.25. The van der Waals surface area contributed by atoms with Gasteiger partial charge in [0, 0.05) is 17.8 Å². The Morgan fingerprint density at radius 2 is 1.47 bits per heavy atom. The molecule has 172 valence electrons. The van der Waals surface area contributed by atoms with Gasteiger partial charge in [-0.3, -0.25) is 0 Å². The molecule has 0 aromatic heterocycles. The number of allylic oxidation sites excluding steroid dienone is 1. The van der Waals surface area contributed by atoms with E-state index in [1.165, 1.54) is 27.6 Å². The molecule has 0 spiro atoms. The van der Waals surface area contributed by atoms with Gasteiger partial charge in [0.1, 0.15) is 0 Å². The Balaban J connectivity index is 1.54. The molecular weight excluding hydrogens is 453 g/mol. The topological polar surface area (TPSA) is 21.6 Å². The Bertz CT molecular complexity index is 1320. The summed E-state index contributed by atoms with van der Waals surface area (Å²) in [7, 11) is 0. The molecule has 0 unspecified atom stereocenters. The standard InChI is InChI=1S/C30H30NOPS/c1-21-27(24-16-10-5-11-17-24)33(34)20-30(21,2)26(23-14-8-4-9-15-23)28(33)29-31-25(18-19-32-29)22-12-6-3-7-13-22/h3-17,25-26,28H,18-20H2,1-2H3/t25-,26-,28-,30-,33+/m1/s1. The van der Waals surface area contributed by atoms with Crippen molar-refractivity contribution >= 4 is 29.1 Å². The van der Waals surface area contributed by atoms with E-state index in [0.29, 0.717) is 12.5 Å². The van der Waals surface area contributed by atoms with Crippen molar-refractivity contribution in [3.05, 3.63) is 113 Å². The molecule has 34 heavy (non-hydrogen) atoms. The molecule has 3 aromatic carbocycles. The third-order valence-corrected chi connectivity index (χ3v) is 13.7. The van der Waals surface area contributed by atoms with E-state index >= 15 is 0 Å². The molecule has 5 atom stereocenters. The Morgan fingerprint density at radius 3 is 2.12 bits per heavy atom. The minimum absolute atomic E-state index is 0.0122. The minimum Gasteiger partial charge on any atom is -0.480 e. The Kier molecular flexibility index (Phi) is 5.39. The molecule has 0 radical (unpaired) electrons. The van der Waals surface area contributed by atoms with Gasteiger partial charge in [0.2, 0.25) is 0 Å². The summed E-state index contributed by atoms with van der Waals surface area (Å²) in [5, 5.41) is 1.43. The molecule has 2 bridgehead atoms. The van der Waals surface area contributed by atoms with Crippen molar-refractivity contribution in [3.8, 4) is 0 Å². The number of fused-ring (bicyclic) bond motifs is 2. The van der Waals surface area contributed by atoms with Gasteiger partial charge >= 0.3 is 0 Å². The molecule has 0 N–H and O–H groups in total. The van der Waals surface area contributed by atoms with E-state index in [0.717, 1.165) is 18.5 Å². The van der Waals surface area contributed by atoms with E-state index in [1.54, 1.807) is 0 Å². The minimum atomic E-state index is -1.99. The molecule has 1 fully saturated rings. The quantitative estimate of drug-likeness (QED) is 0.356. The van der Waals surface area contributed by atoms with E-state index in [4.69, 9.17) is 21.5 Å². The predicted octanol–water partition coefficient (Wildman–Crippen LogP) is 7.64. The van der Waals surface area contributed by atoms with Gasteiger partial charge in [-0.25, -0.2) is 4.99 Å². The molecule has 0 aliphatic carbocycles. The van der Waals surface area contributed by atoms with Gasteiger partial charge in [0.05, 0.1) is 18.3 Å². The molecule has 0 saturated carbocycles. The van der Waals surface area contributed by atoms with Crippen molar-refractivity contribution in [1.29, 1.82) is 0 Å². The second kappa shape index (κ2) is 8.33. The predicted molar refractivity (Wildman–Crippen MR) is 146 cm³/mol. The second-order valence-corrected chi connectivity index (χ2v) is 14.9. The lowest BCUT2D eigenvalue weighted by Gasteiger charge is -2.41. The van der Waals surface area contributed by atoms with E-state index in [1.807, 2.05) is 0 Å². The highest BCUT2D eigenvalue weighted by molar-refractivity contribution is 8.20. The first kappa shape index (κ1) is 22.0. The summed E-state index contributed by atoms with van der Waals surface area (Å²) in [6.07, 6.45) is 1.96. The van der Waals surface area contributed by atoms with Crippen molar-refractivity contribution < 1.29 is 4.74 Å². The van der Waals surface area contributed by atoms with Gasteiger partial charge in [-0.1, -0.05) is 115 Å². The van der Waals surface area contributed by atoms with Gasteiger partial charge in [0.15, 0.2) is 5.90 Å². The lowest BCUT2D eigenvalue weighted by molar-refractivity contribution is 0.245. The van der Waals surface area contributed by atoms with Crippen LogP contribution in [0.5, 0.6) is 0 Å². The van der Waals surface area contributed by atoms with Gasteiger partial charge in [-0.05, 0) is 41.1 Å². The highest BCUT2D eigenvalue weighted by Gasteiger charge is 2.64. The zero-order valence-electron chi connectivity index (χ0n) is 19.7. The molecule has 3 aromatic rings. The molecule has 0 amide bonds. The molecule has 6 rings (SSSR count). The number of ether oxygens (including phenoxy) is 1. The maximum Gasteiger partial charge on any atom is 0.193 e. The van der Waals surface area contributed by atoms with Crippen molar-refractivity contribution in [2.75, 3.05) is 12.8 Å². The molecular formula is C30H30NOPS. The van der Waals surface area contributed by atoms with Crippen molar-refractivity contribution in [2.45, 2.75) is 37.9 Å². The summed E-state index contributed by atoms with van der Waals surface area (Å²) in [5.41, 5.74) is 5.54. The first-order valence-corrected chi connectivity index (χ1v) is 15.2. The van der Waals surface area contributed by atoms with Crippen LogP contribution in [0.4, 0.5) is 0 Å². The Morgan fingerprint density at radius 1 is 0.882 bits per heavy atom. The molecule has 2 nitrogen and oxygen atoms in total. The second-order valence-electron chi connectivity index (χ2n) is 10.1. The number of nitrogens with zero attached hydrogens (tertiary/aromatic N) is 1. The van der Waals surface area contributed by atoms with Crippen LogP contribution < -0.4 is 0 Å². The lowest BCUT2D eigenvalue weighted by atomic mass is 9.68. The zero-order chi connectivity index (χ0) is 23.3. The maximum atomic E-state index is 6.79. The summed E-state index contributed by atoms with van der Waals surface area (Å²) in [6, 6.07) is 30.6. The first-order chi connectivity index (χ1) is 16.5. The van der Waals surface area contributed by atoms with Crippen LogP contribution >= 0.6 is 6.04 Å². The third-order valence-electron chi connectivity index (χ3n) is 8.17. The van der Waals surface area contributed by atoms with E-state index in [2.05, 4.69) is 105 Å². The highest BCUT2D eigenvalue weighted by atomic mass is 32.4. The smallest absolute Gasteiger partial charge is 0.193 e. The average molecular weight is 484 g/mol. The number of aliphatic imine (C=N–C) groups is 1. The van der Waals surface area contributed by atoms with Gasteiger partial charge < -0.3 is 4.74 Å². The molecule has 1 saturated heterocycles. The van der Waals surface area contributed by atoms with Crippen LogP contribution in [0.25, 0.3) is 5.31 Å². The van der Waals surface area contributed by atoms with Crippen molar-refractivity contribution in [3.63, 3.8) is 0 Å². The normalized spacial score (nSPS) is 32.4. The number of rotatable bonds is 4. The van der Waals surface area contributed by atoms with Crippen LogP contribution in [0.2, 0.25) is 0 Å². The third kappa shape index (κ3) is 3.28. The largest absolute Gasteiger partial charge is 0.480 e. The van der Waals surface area contributed by atoms with Gasteiger partial charge in [0.25, 0.3) is 0 Å².